The minimum atomic E-state index is -0.613. The van der Waals surface area contributed by atoms with E-state index in [-0.39, 0.29) is 19.1 Å². The van der Waals surface area contributed by atoms with Crippen LogP contribution in [0.25, 0.3) is 0 Å². The number of carbonyl (C=O) groups excluding carboxylic acids is 1. The number of hydrogen-bond donors (Lipinski definition) is 0. The molecule has 6 nitrogen and oxygen atoms in total. The maximum Gasteiger partial charge on any atom is 0.243 e. The second kappa shape index (κ2) is 10.6. The normalized spacial score (nSPS) is 10.5. The molecule has 3 rings (SSSR count). The van der Waals surface area contributed by atoms with E-state index in [4.69, 9.17) is 14.2 Å². The molecule has 0 atom stereocenters. The third-order valence-electron chi connectivity index (χ3n) is 5.11. The highest BCUT2D eigenvalue weighted by Crippen LogP contribution is 2.35. The first-order valence-electron chi connectivity index (χ1n) is 10.3. The molecule has 0 saturated carbocycles. The van der Waals surface area contributed by atoms with Gasteiger partial charge in [-0.2, -0.15) is 0 Å². The molecule has 0 fully saturated rings. The summed E-state index contributed by atoms with van der Waals surface area (Å²) in [5, 5.41) is 0. The third-order valence-corrected chi connectivity index (χ3v) is 5.11. The molecule has 0 bridgehead atoms. The number of rotatable bonds is 9. The van der Waals surface area contributed by atoms with Gasteiger partial charge in [0.15, 0.2) is 0 Å². The fourth-order valence-corrected chi connectivity index (χ4v) is 3.24. The summed E-state index contributed by atoms with van der Waals surface area (Å²) >= 11 is 0. The molecular weight excluding hydrogens is 411 g/mol. The Balaban J connectivity index is 1.99. The SMILES string of the molecule is COc1ccc(OCCF)c(CN(C(C)=O)c2cccnc2Oc2cccc(C)c2C)c1. The largest absolute Gasteiger partial charge is 0.497 e. The smallest absolute Gasteiger partial charge is 0.243 e. The Morgan fingerprint density at radius 2 is 1.91 bits per heavy atom. The van der Waals surface area contributed by atoms with Crippen molar-refractivity contribution in [2.24, 2.45) is 0 Å². The van der Waals surface area contributed by atoms with E-state index in [9.17, 15) is 9.18 Å². The summed E-state index contributed by atoms with van der Waals surface area (Å²) in [5.74, 6) is 1.86. The first kappa shape index (κ1) is 23.1. The number of pyridine rings is 1. The van der Waals surface area contributed by atoms with Crippen molar-refractivity contribution in [2.75, 3.05) is 25.3 Å². The van der Waals surface area contributed by atoms with Crippen LogP contribution in [-0.4, -0.2) is 31.3 Å². The molecule has 32 heavy (non-hydrogen) atoms. The fraction of sp³-hybridized carbons (Fsp3) is 0.280. The number of hydrogen-bond acceptors (Lipinski definition) is 5. The van der Waals surface area contributed by atoms with E-state index >= 15 is 0 Å². The standard InChI is InChI=1S/C25H27FN2O4/c1-17-7-5-9-23(18(17)2)32-25-22(8-6-13-27-25)28(19(3)29)16-20-15-21(30-4)10-11-24(20)31-14-12-26/h5-11,13,15H,12,14,16H2,1-4H3. The van der Waals surface area contributed by atoms with E-state index < -0.39 is 6.67 Å². The van der Waals surface area contributed by atoms with E-state index in [2.05, 4.69) is 4.98 Å². The lowest BCUT2D eigenvalue weighted by Crippen LogP contribution is -2.28. The van der Waals surface area contributed by atoms with Crippen molar-refractivity contribution in [1.82, 2.24) is 4.98 Å². The zero-order valence-electron chi connectivity index (χ0n) is 18.7. The number of halogens is 1. The Morgan fingerprint density at radius 3 is 2.62 bits per heavy atom. The van der Waals surface area contributed by atoms with E-state index in [1.807, 2.05) is 32.0 Å². The molecule has 168 valence electrons. The first-order chi connectivity index (χ1) is 15.4. The first-order valence-corrected chi connectivity index (χ1v) is 10.3. The minimum absolute atomic E-state index is 0.0761. The number of ether oxygens (including phenoxy) is 3. The Labute approximate surface area is 187 Å². The molecule has 0 aliphatic rings. The van der Waals surface area contributed by atoms with Gasteiger partial charge in [0, 0.05) is 18.7 Å². The lowest BCUT2D eigenvalue weighted by atomic mass is 10.1. The average Bonchev–Trinajstić information content (AvgIpc) is 2.79. The number of benzene rings is 2. The monoisotopic (exact) mass is 438 g/mol. The summed E-state index contributed by atoms with van der Waals surface area (Å²) in [4.78, 5) is 18.6. The van der Waals surface area contributed by atoms with Gasteiger partial charge in [0.25, 0.3) is 0 Å². The molecule has 2 aromatic carbocycles. The second-order valence-corrected chi connectivity index (χ2v) is 7.24. The summed E-state index contributed by atoms with van der Waals surface area (Å²) in [6.07, 6.45) is 1.61. The molecule has 0 radical (unpaired) electrons. The molecule has 1 aromatic heterocycles. The number of alkyl halides is 1. The minimum Gasteiger partial charge on any atom is -0.497 e. The second-order valence-electron chi connectivity index (χ2n) is 7.24. The topological polar surface area (TPSA) is 60.9 Å². The van der Waals surface area contributed by atoms with Crippen molar-refractivity contribution >= 4 is 11.6 Å². The Morgan fingerprint density at radius 1 is 1.09 bits per heavy atom. The Hall–Kier alpha value is -3.61. The predicted molar refractivity (Wildman–Crippen MR) is 122 cm³/mol. The van der Waals surface area contributed by atoms with Crippen LogP contribution in [0.1, 0.15) is 23.6 Å². The number of carbonyl (C=O) groups is 1. The van der Waals surface area contributed by atoms with Gasteiger partial charge in [-0.1, -0.05) is 12.1 Å². The summed E-state index contributed by atoms with van der Waals surface area (Å²) in [7, 11) is 1.56. The van der Waals surface area contributed by atoms with Gasteiger partial charge in [0.05, 0.1) is 13.7 Å². The molecule has 7 heteroatoms. The molecule has 0 N–H and O–H groups in total. The number of nitrogens with zero attached hydrogens (tertiary/aromatic N) is 2. The van der Waals surface area contributed by atoms with Gasteiger partial charge in [0.1, 0.15) is 36.2 Å². The maximum absolute atomic E-state index is 12.7. The van der Waals surface area contributed by atoms with E-state index in [1.54, 1.807) is 48.5 Å². The highest BCUT2D eigenvalue weighted by molar-refractivity contribution is 5.92. The number of amides is 1. The molecule has 0 aliphatic heterocycles. The van der Waals surface area contributed by atoms with Gasteiger partial charge in [-0.15, -0.1) is 0 Å². The van der Waals surface area contributed by atoms with Crippen LogP contribution < -0.4 is 19.1 Å². The molecule has 3 aromatic rings. The molecular formula is C25H27FN2O4. The van der Waals surface area contributed by atoms with Gasteiger partial charge < -0.3 is 19.1 Å². The Kier molecular flexibility index (Phi) is 7.65. The van der Waals surface area contributed by atoms with Crippen LogP contribution in [0.5, 0.6) is 23.1 Å². The van der Waals surface area contributed by atoms with Crippen molar-refractivity contribution in [2.45, 2.75) is 27.3 Å². The van der Waals surface area contributed by atoms with Crippen LogP contribution in [0.4, 0.5) is 10.1 Å². The average molecular weight is 438 g/mol. The number of aromatic nitrogens is 1. The van der Waals surface area contributed by atoms with Crippen LogP contribution in [0.15, 0.2) is 54.7 Å². The van der Waals surface area contributed by atoms with Crippen LogP contribution in [0, 0.1) is 13.8 Å². The van der Waals surface area contributed by atoms with Crippen molar-refractivity contribution in [3.8, 4) is 23.1 Å². The summed E-state index contributed by atoms with van der Waals surface area (Å²) < 4.78 is 29.7. The van der Waals surface area contributed by atoms with E-state index in [0.29, 0.717) is 34.4 Å². The molecule has 0 saturated heterocycles. The lowest BCUT2D eigenvalue weighted by Gasteiger charge is -2.24. The zero-order valence-corrected chi connectivity index (χ0v) is 18.7. The van der Waals surface area contributed by atoms with Crippen molar-refractivity contribution < 1.29 is 23.4 Å². The summed E-state index contributed by atoms with van der Waals surface area (Å²) in [5.41, 5.74) is 3.28. The van der Waals surface area contributed by atoms with Gasteiger partial charge in [0.2, 0.25) is 11.8 Å². The van der Waals surface area contributed by atoms with E-state index in [0.717, 1.165) is 11.1 Å². The quantitative estimate of drug-likeness (QED) is 0.448. The summed E-state index contributed by atoms with van der Waals surface area (Å²) in [6, 6.07) is 14.5. The van der Waals surface area contributed by atoms with Crippen LogP contribution in [0.2, 0.25) is 0 Å². The van der Waals surface area contributed by atoms with Crippen LogP contribution in [0.3, 0.4) is 0 Å². The fourth-order valence-electron chi connectivity index (χ4n) is 3.24. The van der Waals surface area contributed by atoms with Crippen molar-refractivity contribution in [3.05, 3.63) is 71.4 Å². The predicted octanol–water partition coefficient (Wildman–Crippen LogP) is 5.40. The van der Waals surface area contributed by atoms with Crippen LogP contribution in [-0.2, 0) is 11.3 Å². The molecule has 0 aliphatic carbocycles. The maximum atomic E-state index is 12.7. The number of anilines is 1. The van der Waals surface area contributed by atoms with E-state index in [1.165, 1.54) is 6.92 Å². The molecule has 1 amide bonds. The van der Waals surface area contributed by atoms with Gasteiger partial charge >= 0.3 is 0 Å². The highest BCUT2D eigenvalue weighted by Gasteiger charge is 2.21. The van der Waals surface area contributed by atoms with Gasteiger partial charge in [-0.25, -0.2) is 9.37 Å². The lowest BCUT2D eigenvalue weighted by molar-refractivity contribution is -0.116. The van der Waals surface area contributed by atoms with Gasteiger partial charge in [-0.05, 0) is 61.4 Å². The number of aryl methyl sites for hydroxylation is 1. The summed E-state index contributed by atoms with van der Waals surface area (Å²) in [6.45, 7) is 4.93. The third kappa shape index (κ3) is 5.35. The van der Waals surface area contributed by atoms with Gasteiger partial charge in [-0.3, -0.25) is 4.79 Å². The molecule has 1 heterocycles. The highest BCUT2D eigenvalue weighted by atomic mass is 19.1. The Bertz CT molecular complexity index is 1090. The molecule has 0 spiro atoms. The van der Waals surface area contributed by atoms with Crippen molar-refractivity contribution in [3.63, 3.8) is 0 Å². The number of methoxy groups -OCH3 is 1. The molecule has 0 unspecified atom stereocenters. The van der Waals surface area contributed by atoms with Crippen molar-refractivity contribution in [1.29, 1.82) is 0 Å². The van der Waals surface area contributed by atoms with Crippen LogP contribution >= 0.6 is 0 Å². The zero-order chi connectivity index (χ0) is 23.1.